The van der Waals surface area contributed by atoms with Gasteiger partial charge < -0.3 is 11.5 Å². The number of thioether (sulfide) groups is 1. The summed E-state index contributed by atoms with van der Waals surface area (Å²) in [4.78, 5) is 1.24. The van der Waals surface area contributed by atoms with Crippen LogP contribution >= 0.6 is 11.8 Å². The quantitative estimate of drug-likeness (QED) is 0.349. The highest BCUT2D eigenvalue weighted by Crippen LogP contribution is 2.32. The van der Waals surface area contributed by atoms with Gasteiger partial charge in [0.2, 0.25) is 0 Å². The molecule has 0 saturated heterocycles. The molecule has 5 N–H and O–H groups in total. The van der Waals surface area contributed by atoms with Crippen molar-refractivity contribution in [2.45, 2.75) is 18.7 Å². The second-order valence-electron chi connectivity index (χ2n) is 4.80. The van der Waals surface area contributed by atoms with Crippen LogP contribution in [0.15, 0.2) is 35.2 Å². The Morgan fingerprint density at radius 1 is 1.10 bits per heavy atom. The highest BCUT2D eigenvalue weighted by atomic mass is 32.2. The summed E-state index contributed by atoms with van der Waals surface area (Å²) in [5.41, 5.74) is 17.2. The summed E-state index contributed by atoms with van der Waals surface area (Å²) >= 11 is 1.73. The number of hydrogen-bond acceptors (Lipinski definition) is 3. The van der Waals surface area contributed by atoms with Gasteiger partial charge >= 0.3 is 0 Å². The average Bonchev–Trinajstić information content (AvgIpc) is 2.39. The Bertz CT molecular complexity index is 678. The normalized spacial score (nSPS) is 10.6. The molecule has 0 radical (unpaired) electrons. The van der Waals surface area contributed by atoms with E-state index in [4.69, 9.17) is 16.9 Å². The summed E-state index contributed by atoms with van der Waals surface area (Å²) in [6, 6.07) is 10.2. The topological polar surface area (TPSA) is 75.9 Å². The van der Waals surface area contributed by atoms with Crippen LogP contribution in [0.1, 0.15) is 16.7 Å². The zero-order valence-corrected chi connectivity index (χ0v) is 12.8. The number of rotatable bonds is 3. The first-order valence-corrected chi connectivity index (χ1v) is 7.56. The van der Waals surface area contributed by atoms with Gasteiger partial charge in [0.05, 0.1) is 0 Å². The molecule has 0 aliphatic heterocycles. The van der Waals surface area contributed by atoms with Gasteiger partial charge in [0.25, 0.3) is 0 Å². The highest BCUT2D eigenvalue weighted by Gasteiger charge is 2.13. The van der Waals surface area contributed by atoms with E-state index in [0.29, 0.717) is 11.3 Å². The van der Waals surface area contributed by atoms with Gasteiger partial charge in [-0.3, -0.25) is 5.41 Å². The standard InChI is InChI=1S/C16H19N3S/c1-9-8-11(20-3)4-5-12(9)13-6-7-14(17)15(10(13)2)16(18)19/h4-8H,17H2,1-3H3,(H3,18,19). The number of benzene rings is 2. The first kappa shape index (κ1) is 14.5. The fourth-order valence-electron chi connectivity index (χ4n) is 2.45. The molecule has 0 bridgehead atoms. The molecule has 2 aromatic rings. The van der Waals surface area contributed by atoms with Crippen LogP contribution in [0.4, 0.5) is 5.69 Å². The van der Waals surface area contributed by atoms with Crippen molar-refractivity contribution in [2.75, 3.05) is 12.0 Å². The lowest BCUT2D eigenvalue weighted by Gasteiger charge is -2.15. The molecular weight excluding hydrogens is 266 g/mol. The largest absolute Gasteiger partial charge is 0.398 e. The SMILES string of the molecule is CSc1ccc(-c2ccc(N)c(C(=N)N)c2C)c(C)c1. The first-order valence-electron chi connectivity index (χ1n) is 6.34. The molecule has 0 aliphatic carbocycles. The smallest absolute Gasteiger partial charge is 0.125 e. The Labute approximate surface area is 123 Å². The van der Waals surface area contributed by atoms with Crippen LogP contribution in [0, 0.1) is 19.3 Å². The molecule has 0 fully saturated rings. The lowest BCUT2D eigenvalue weighted by molar-refractivity contribution is 1.33. The molecule has 0 spiro atoms. The molecule has 0 aromatic heterocycles. The van der Waals surface area contributed by atoms with Gasteiger partial charge in [0, 0.05) is 16.1 Å². The lowest BCUT2D eigenvalue weighted by Crippen LogP contribution is -2.15. The van der Waals surface area contributed by atoms with Gasteiger partial charge in [-0.15, -0.1) is 11.8 Å². The zero-order valence-electron chi connectivity index (χ0n) is 11.9. The van der Waals surface area contributed by atoms with Gasteiger partial charge in [-0.1, -0.05) is 12.1 Å². The second-order valence-corrected chi connectivity index (χ2v) is 5.68. The minimum atomic E-state index is 0.0141. The van der Waals surface area contributed by atoms with Crippen molar-refractivity contribution in [3.63, 3.8) is 0 Å². The maximum atomic E-state index is 7.69. The van der Waals surface area contributed by atoms with E-state index in [1.165, 1.54) is 10.5 Å². The minimum Gasteiger partial charge on any atom is -0.398 e. The molecular formula is C16H19N3S. The molecule has 0 unspecified atom stereocenters. The number of nitrogens with one attached hydrogen (secondary N) is 1. The van der Waals surface area contributed by atoms with Crippen LogP contribution in [0.2, 0.25) is 0 Å². The van der Waals surface area contributed by atoms with E-state index < -0.39 is 0 Å². The highest BCUT2D eigenvalue weighted by molar-refractivity contribution is 7.98. The summed E-state index contributed by atoms with van der Waals surface area (Å²) in [5.74, 6) is 0.0141. The van der Waals surface area contributed by atoms with E-state index in [1.54, 1.807) is 11.8 Å². The molecule has 0 aliphatic rings. The van der Waals surface area contributed by atoms with E-state index in [2.05, 4.69) is 31.4 Å². The monoisotopic (exact) mass is 285 g/mol. The van der Waals surface area contributed by atoms with Gasteiger partial charge in [-0.25, -0.2) is 0 Å². The molecule has 20 heavy (non-hydrogen) atoms. The summed E-state index contributed by atoms with van der Waals surface area (Å²) in [6.07, 6.45) is 2.07. The molecule has 4 heteroatoms. The van der Waals surface area contributed by atoms with Crippen LogP contribution in [0.3, 0.4) is 0 Å². The first-order chi connectivity index (χ1) is 9.45. The third kappa shape index (κ3) is 2.51. The van der Waals surface area contributed by atoms with Crippen LogP contribution in [0.5, 0.6) is 0 Å². The number of amidine groups is 1. The van der Waals surface area contributed by atoms with Crippen molar-refractivity contribution in [3.8, 4) is 11.1 Å². The molecule has 0 atom stereocenters. The van der Waals surface area contributed by atoms with E-state index in [1.807, 2.05) is 19.1 Å². The fraction of sp³-hybridized carbons (Fsp3) is 0.188. The van der Waals surface area contributed by atoms with Crippen molar-refractivity contribution in [1.82, 2.24) is 0 Å². The Balaban J connectivity index is 2.65. The third-order valence-corrected chi connectivity index (χ3v) is 4.22. The predicted molar refractivity (Wildman–Crippen MR) is 88.6 cm³/mol. The molecule has 2 aromatic carbocycles. The van der Waals surface area contributed by atoms with Crippen molar-refractivity contribution < 1.29 is 0 Å². The molecule has 104 valence electrons. The van der Waals surface area contributed by atoms with Crippen molar-refractivity contribution >= 4 is 23.3 Å². The predicted octanol–water partition coefficient (Wildman–Crippen LogP) is 3.56. The van der Waals surface area contributed by atoms with E-state index >= 15 is 0 Å². The lowest BCUT2D eigenvalue weighted by atomic mass is 9.92. The summed E-state index contributed by atoms with van der Waals surface area (Å²) in [6.45, 7) is 4.06. The summed E-state index contributed by atoms with van der Waals surface area (Å²) < 4.78 is 0. The second kappa shape index (κ2) is 5.59. The number of nitrogen functional groups attached to an aromatic ring is 2. The summed E-state index contributed by atoms with van der Waals surface area (Å²) in [5, 5.41) is 7.69. The number of nitrogens with two attached hydrogens (primary N) is 2. The number of hydrogen-bond donors (Lipinski definition) is 3. The number of anilines is 1. The Hall–Kier alpha value is -1.94. The third-order valence-electron chi connectivity index (χ3n) is 3.49. The van der Waals surface area contributed by atoms with E-state index in [0.717, 1.165) is 16.7 Å². The molecule has 0 heterocycles. The van der Waals surface area contributed by atoms with E-state index in [-0.39, 0.29) is 5.84 Å². The fourth-order valence-corrected chi connectivity index (χ4v) is 2.95. The van der Waals surface area contributed by atoms with Gasteiger partial charge in [0.15, 0.2) is 0 Å². The van der Waals surface area contributed by atoms with Gasteiger partial charge in [-0.05, 0) is 60.6 Å². The Morgan fingerprint density at radius 3 is 2.30 bits per heavy atom. The maximum Gasteiger partial charge on any atom is 0.125 e. The number of aryl methyl sites for hydroxylation is 1. The van der Waals surface area contributed by atoms with E-state index in [9.17, 15) is 0 Å². The van der Waals surface area contributed by atoms with Crippen LogP contribution in [-0.4, -0.2) is 12.1 Å². The van der Waals surface area contributed by atoms with Crippen molar-refractivity contribution in [1.29, 1.82) is 5.41 Å². The van der Waals surface area contributed by atoms with Crippen LogP contribution in [0.25, 0.3) is 11.1 Å². The Kier molecular flexibility index (Phi) is 4.04. The molecule has 0 saturated carbocycles. The average molecular weight is 285 g/mol. The Morgan fingerprint density at radius 2 is 1.75 bits per heavy atom. The molecule has 2 rings (SSSR count). The van der Waals surface area contributed by atoms with Crippen LogP contribution in [-0.2, 0) is 0 Å². The molecule has 3 nitrogen and oxygen atoms in total. The van der Waals surface area contributed by atoms with Crippen LogP contribution < -0.4 is 11.5 Å². The van der Waals surface area contributed by atoms with Gasteiger partial charge in [0.1, 0.15) is 5.84 Å². The summed E-state index contributed by atoms with van der Waals surface area (Å²) in [7, 11) is 0. The van der Waals surface area contributed by atoms with Crippen molar-refractivity contribution in [2.24, 2.45) is 5.73 Å². The maximum absolute atomic E-state index is 7.69. The molecule has 0 amide bonds. The van der Waals surface area contributed by atoms with Gasteiger partial charge in [-0.2, -0.15) is 0 Å². The zero-order chi connectivity index (χ0) is 14.9. The van der Waals surface area contributed by atoms with Crippen molar-refractivity contribution in [3.05, 3.63) is 47.0 Å². The minimum absolute atomic E-state index is 0.0141.